The van der Waals surface area contributed by atoms with E-state index in [0.717, 1.165) is 16.0 Å². The predicted molar refractivity (Wildman–Crippen MR) is 134 cm³/mol. The average Bonchev–Trinajstić information content (AvgIpc) is 3.21. The highest BCUT2D eigenvalue weighted by atomic mass is 32.2. The fourth-order valence-electron chi connectivity index (χ4n) is 4.75. The summed E-state index contributed by atoms with van der Waals surface area (Å²) in [6, 6.07) is 16.6. The summed E-state index contributed by atoms with van der Waals surface area (Å²) in [5, 5.41) is 9.55. The maximum atomic E-state index is 14.0. The molecule has 2 aliphatic rings. The fraction of sp³-hybridized carbons (Fsp3) is 0.444. The van der Waals surface area contributed by atoms with Crippen molar-refractivity contribution in [2.45, 2.75) is 74.4 Å². The van der Waals surface area contributed by atoms with Crippen molar-refractivity contribution >= 4 is 29.7 Å². The normalized spacial score (nSPS) is 22.0. The van der Waals surface area contributed by atoms with Crippen LogP contribution in [0.2, 0.25) is 0 Å². The Morgan fingerprint density at radius 1 is 1.00 bits per heavy atom. The highest BCUT2D eigenvalue weighted by Crippen LogP contribution is 2.36. The lowest BCUT2D eigenvalue weighted by Gasteiger charge is -2.39. The fourth-order valence-corrected chi connectivity index (χ4v) is 5.96. The molecule has 1 saturated heterocycles. The predicted octanol–water partition coefficient (Wildman–Crippen LogP) is 4.58. The maximum Gasteiger partial charge on any atom is 0.411 e. The number of nitrogens with zero attached hydrogens (tertiary/aromatic N) is 2. The number of ether oxygens (including phenoxy) is 1. The molecular formula is C27H32N2O5S. The highest BCUT2D eigenvalue weighted by Gasteiger charge is 2.45. The smallest absolute Gasteiger partial charge is 0.411 e. The summed E-state index contributed by atoms with van der Waals surface area (Å²) in [7, 11) is 0. The molecule has 2 aromatic carbocycles. The van der Waals surface area contributed by atoms with E-state index in [0.29, 0.717) is 25.9 Å². The third-order valence-corrected chi connectivity index (χ3v) is 7.49. The van der Waals surface area contributed by atoms with Crippen molar-refractivity contribution in [1.82, 2.24) is 9.80 Å². The summed E-state index contributed by atoms with van der Waals surface area (Å²) in [4.78, 5) is 43.0. The molecule has 4 rings (SSSR count). The van der Waals surface area contributed by atoms with Crippen LogP contribution in [0.4, 0.5) is 4.79 Å². The third-order valence-electron chi connectivity index (χ3n) is 6.27. The van der Waals surface area contributed by atoms with Gasteiger partial charge in [0, 0.05) is 29.3 Å². The number of hydrogen-bond acceptors (Lipinski definition) is 5. The average molecular weight is 497 g/mol. The van der Waals surface area contributed by atoms with Gasteiger partial charge in [-0.05, 0) is 56.9 Å². The van der Waals surface area contributed by atoms with E-state index in [4.69, 9.17) is 4.74 Å². The first-order chi connectivity index (χ1) is 16.6. The van der Waals surface area contributed by atoms with Crippen LogP contribution in [0, 0.1) is 0 Å². The molecule has 0 bridgehead atoms. The molecular weight excluding hydrogens is 464 g/mol. The number of rotatable bonds is 5. The van der Waals surface area contributed by atoms with Crippen LogP contribution in [0.5, 0.6) is 0 Å². The molecule has 3 atom stereocenters. The number of carbonyl (C=O) groups excluding carboxylic acids is 2. The second kappa shape index (κ2) is 10.3. The summed E-state index contributed by atoms with van der Waals surface area (Å²) in [5.74, 6) is -1.16. The van der Waals surface area contributed by atoms with E-state index in [2.05, 4.69) is 0 Å². The maximum absolute atomic E-state index is 14.0. The Morgan fingerprint density at radius 2 is 1.66 bits per heavy atom. The van der Waals surface area contributed by atoms with E-state index in [1.54, 1.807) is 37.4 Å². The lowest BCUT2D eigenvalue weighted by molar-refractivity contribution is -0.144. The summed E-state index contributed by atoms with van der Waals surface area (Å²) < 4.78 is 5.65. The van der Waals surface area contributed by atoms with Crippen LogP contribution in [0.3, 0.4) is 0 Å². The number of thioether (sulfide) groups is 1. The zero-order valence-electron chi connectivity index (χ0n) is 20.3. The number of likely N-dealkylation sites (tertiary alicyclic amines) is 1. The van der Waals surface area contributed by atoms with Gasteiger partial charge in [0.05, 0.1) is 6.42 Å². The topological polar surface area (TPSA) is 87.2 Å². The Bertz CT molecular complexity index is 1080. The van der Waals surface area contributed by atoms with Gasteiger partial charge in [0.2, 0.25) is 5.91 Å². The van der Waals surface area contributed by atoms with E-state index < -0.39 is 29.7 Å². The van der Waals surface area contributed by atoms with Gasteiger partial charge in [-0.25, -0.2) is 4.79 Å². The Hall–Kier alpha value is -3.00. The van der Waals surface area contributed by atoms with Gasteiger partial charge in [-0.2, -0.15) is 0 Å². The van der Waals surface area contributed by atoms with Crippen LogP contribution in [-0.4, -0.2) is 62.4 Å². The lowest BCUT2D eigenvalue weighted by Crippen LogP contribution is -2.53. The van der Waals surface area contributed by atoms with Gasteiger partial charge in [-0.3, -0.25) is 14.5 Å². The Kier molecular flexibility index (Phi) is 7.40. The van der Waals surface area contributed by atoms with Crippen LogP contribution in [0.15, 0.2) is 59.5 Å². The first-order valence-electron chi connectivity index (χ1n) is 11.9. The van der Waals surface area contributed by atoms with Crippen molar-refractivity contribution in [1.29, 1.82) is 0 Å². The number of amides is 2. The van der Waals surface area contributed by atoms with Gasteiger partial charge in [0.1, 0.15) is 11.6 Å². The minimum atomic E-state index is -0.944. The monoisotopic (exact) mass is 496 g/mol. The molecule has 35 heavy (non-hydrogen) atoms. The van der Waals surface area contributed by atoms with E-state index in [1.165, 1.54) is 4.90 Å². The molecule has 0 spiro atoms. The molecule has 1 N–H and O–H groups in total. The van der Waals surface area contributed by atoms with E-state index >= 15 is 0 Å². The molecule has 0 aromatic heterocycles. The standard InChI is InChI=1S/C27H32N2O5S/c1-27(2,3)34-26(33)29-17-22(35-21-11-5-4-6-12-21)15-23(29)25(32)28-16-19-10-8-7-9-18(19)13-20(28)14-24(30)31/h4-12,20,22-23H,13-17H2,1-3H3,(H,30,31)/t20-,22+,23-/m1/s1. The first-order valence-corrected chi connectivity index (χ1v) is 12.8. The summed E-state index contributed by atoms with van der Waals surface area (Å²) >= 11 is 1.64. The SMILES string of the molecule is CC(C)(C)OC(=O)N1C[C@@H](Sc2ccccc2)C[C@@H]1C(=O)N1Cc2ccccc2C[C@@H]1CC(=O)O. The zero-order valence-corrected chi connectivity index (χ0v) is 21.2. The third kappa shape index (κ3) is 6.17. The van der Waals surface area contributed by atoms with Crippen LogP contribution in [0.1, 0.15) is 44.7 Å². The largest absolute Gasteiger partial charge is 0.481 e. The van der Waals surface area contributed by atoms with Crippen LogP contribution >= 0.6 is 11.8 Å². The second-order valence-corrected chi connectivity index (χ2v) is 11.5. The molecule has 186 valence electrons. The number of aliphatic carboxylic acids is 1. The molecule has 2 heterocycles. The molecule has 0 unspecified atom stereocenters. The zero-order chi connectivity index (χ0) is 25.2. The molecule has 2 amide bonds. The van der Waals surface area contributed by atoms with Gasteiger partial charge >= 0.3 is 12.1 Å². The molecule has 0 aliphatic carbocycles. The minimum absolute atomic E-state index is 0.0221. The summed E-state index contributed by atoms with van der Waals surface area (Å²) in [5.41, 5.74) is 1.39. The molecule has 2 aromatic rings. The quantitative estimate of drug-likeness (QED) is 0.652. The Morgan fingerprint density at radius 3 is 2.31 bits per heavy atom. The molecule has 1 fully saturated rings. The van der Waals surface area contributed by atoms with Gasteiger partial charge in [-0.1, -0.05) is 42.5 Å². The number of fused-ring (bicyclic) bond motifs is 1. The number of carbonyl (C=O) groups is 3. The highest BCUT2D eigenvalue weighted by molar-refractivity contribution is 8.00. The Balaban J connectivity index is 1.60. The lowest BCUT2D eigenvalue weighted by atomic mass is 9.91. The van der Waals surface area contributed by atoms with Crippen LogP contribution in [0.25, 0.3) is 0 Å². The van der Waals surface area contributed by atoms with Crippen LogP contribution in [-0.2, 0) is 27.3 Å². The van der Waals surface area contributed by atoms with Crippen molar-refractivity contribution in [3.05, 3.63) is 65.7 Å². The summed E-state index contributed by atoms with van der Waals surface area (Å²) in [6.07, 6.45) is 0.311. The minimum Gasteiger partial charge on any atom is -0.481 e. The molecule has 0 radical (unpaired) electrons. The molecule has 8 heteroatoms. The van der Waals surface area contributed by atoms with Crippen molar-refractivity contribution in [2.24, 2.45) is 0 Å². The molecule has 2 aliphatic heterocycles. The second-order valence-electron chi connectivity index (χ2n) is 10.1. The van der Waals surface area contributed by atoms with E-state index in [9.17, 15) is 19.5 Å². The van der Waals surface area contributed by atoms with Gasteiger partial charge in [0.25, 0.3) is 0 Å². The number of benzene rings is 2. The van der Waals surface area contributed by atoms with Gasteiger partial charge < -0.3 is 14.7 Å². The van der Waals surface area contributed by atoms with Crippen molar-refractivity contribution in [2.75, 3.05) is 6.54 Å². The molecule has 7 nitrogen and oxygen atoms in total. The van der Waals surface area contributed by atoms with Crippen molar-refractivity contribution in [3.63, 3.8) is 0 Å². The molecule has 0 saturated carbocycles. The first kappa shape index (κ1) is 25.1. The summed E-state index contributed by atoms with van der Waals surface area (Å²) in [6.45, 7) is 6.14. The van der Waals surface area contributed by atoms with Gasteiger partial charge in [-0.15, -0.1) is 11.8 Å². The Labute approximate surface area is 210 Å². The number of hydrogen-bond donors (Lipinski definition) is 1. The number of carboxylic acids is 1. The van der Waals surface area contributed by atoms with E-state index in [-0.39, 0.29) is 17.6 Å². The van der Waals surface area contributed by atoms with E-state index in [1.807, 2.05) is 54.6 Å². The van der Waals surface area contributed by atoms with Crippen molar-refractivity contribution < 1.29 is 24.2 Å². The van der Waals surface area contributed by atoms with Gasteiger partial charge in [0.15, 0.2) is 0 Å². The van der Waals surface area contributed by atoms with Crippen LogP contribution < -0.4 is 0 Å². The van der Waals surface area contributed by atoms with Crippen molar-refractivity contribution in [3.8, 4) is 0 Å². The number of carboxylic acid groups (broad SMARTS) is 1.